The highest BCUT2D eigenvalue weighted by atomic mass is 16.6. The van der Waals surface area contributed by atoms with E-state index in [2.05, 4.69) is 10.6 Å². The van der Waals surface area contributed by atoms with Gasteiger partial charge in [0, 0.05) is 36.2 Å². The Kier molecular flexibility index (Phi) is 5.83. The van der Waals surface area contributed by atoms with E-state index < -0.39 is 10.8 Å². The summed E-state index contributed by atoms with van der Waals surface area (Å²) < 4.78 is 0. The second kappa shape index (κ2) is 7.37. The Balaban J connectivity index is 2.55. The van der Waals surface area contributed by atoms with Crippen molar-refractivity contribution in [3.63, 3.8) is 0 Å². The molecule has 2 amide bonds. The average molecular weight is 293 g/mol. The number of benzene rings is 1. The van der Waals surface area contributed by atoms with Gasteiger partial charge in [-0.2, -0.15) is 0 Å². The van der Waals surface area contributed by atoms with Gasteiger partial charge in [0.25, 0.3) is 11.6 Å². The first-order chi connectivity index (χ1) is 9.82. The van der Waals surface area contributed by atoms with Gasteiger partial charge in [-0.05, 0) is 13.0 Å². The number of carbonyl (C=O) groups is 2. The maximum atomic E-state index is 11.9. The monoisotopic (exact) mass is 293 g/mol. The predicted molar refractivity (Wildman–Crippen MR) is 78.0 cm³/mol. The third kappa shape index (κ3) is 4.87. The normalized spacial score (nSPS) is 10.3. The summed E-state index contributed by atoms with van der Waals surface area (Å²) in [4.78, 5) is 33.5. The van der Waals surface area contributed by atoms with E-state index in [1.54, 1.807) is 20.8 Å². The van der Waals surface area contributed by atoms with E-state index in [0.29, 0.717) is 12.1 Å². The SMILES string of the molecule is Cc1ccc(C(=O)NCCNC(=O)C(C)C)cc1[N+](=O)[O-]. The van der Waals surface area contributed by atoms with Gasteiger partial charge in [-0.3, -0.25) is 19.7 Å². The number of hydrogen-bond donors (Lipinski definition) is 2. The van der Waals surface area contributed by atoms with Crippen LogP contribution in [0, 0.1) is 23.0 Å². The summed E-state index contributed by atoms with van der Waals surface area (Å²) in [6.07, 6.45) is 0. The van der Waals surface area contributed by atoms with Crippen LogP contribution in [0.2, 0.25) is 0 Å². The molecule has 0 aliphatic rings. The van der Waals surface area contributed by atoms with Gasteiger partial charge in [0.1, 0.15) is 0 Å². The lowest BCUT2D eigenvalue weighted by atomic mass is 10.1. The van der Waals surface area contributed by atoms with Gasteiger partial charge in [-0.1, -0.05) is 19.9 Å². The van der Waals surface area contributed by atoms with Crippen LogP contribution in [0.1, 0.15) is 29.8 Å². The minimum absolute atomic E-state index is 0.0873. The Bertz CT molecular complexity index is 555. The number of rotatable bonds is 6. The van der Waals surface area contributed by atoms with Crippen LogP contribution in [0.25, 0.3) is 0 Å². The van der Waals surface area contributed by atoms with Crippen LogP contribution in [0.3, 0.4) is 0 Å². The number of aryl methyl sites for hydroxylation is 1. The molecule has 0 aliphatic carbocycles. The number of nitro groups is 1. The zero-order valence-electron chi connectivity index (χ0n) is 12.3. The summed E-state index contributed by atoms with van der Waals surface area (Å²) in [6.45, 7) is 5.75. The highest BCUT2D eigenvalue weighted by Crippen LogP contribution is 2.18. The van der Waals surface area contributed by atoms with Crippen molar-refractivity contribution in [2.75, 3.05) is 13.1 Å². The minimum atomic E-state index is -0.519. The summed E-state index contributed by atoms with van der Waals surface area (Å²) in [7, 11) is 0. The van der Waals surface area contributed by atoms with Crippen LogP contribution in [0.15, 0.2) is 18.2 Å². The lowest BCUT2D eigenvalue weighted by molar-refractivity contribution is -0.385. The van der Waals surface area contributed by atoms with E-state index in [-0.39, 0.29) is 29.6 Å². The van der Waals surface area contributed by atoms with Crippen LogP contribution in [-0.4, -0.2) is 29.8 Å². The molecule has 7 nitrogen and oxygen atoms in total. The molecule has 0 atom stereocenters. The number of nitrogens with one attached hydrogen (secondary N) is 2. The zero-order chi connectivity index (χ0) is 16.0. The molecule has 0 heterocycles. The number of amides is 2. The van der Waals surface area contributed by atoms with Crippen molar-refractivity contribution >= 4 is 17.5 Å². The standard InChI is InChI=1S/C14H19N3O4/c1-9(2)13(18)15-6-7-16-14(19)11-5-4-10(3)12(8-11)17(20)21/h4-5,8-9H,6-7H2,1-3H3,(H,15,18)(H,16,19). The highest BCUT2D eigenvalue weighted by Gasteiger charge is 2.14. The summed E-state index contributed by atoms with van der Waals surface area (Å²) >= 11 is 0. The summed E-state index contributed by atoms with van der Waals surface area (Å²) in [5.74, 6) is -0.604. The van der Waals surface area contributed by atoms with Gasteiger partial charge in [-0.15, -0.1) is 0 Å². The molecule has 0 aromatic heterocycles. The Morgan fingerprint density at radius 1 is 1.24 bits per heavy atom. The smallest absolute Gasteiger partial charge is 0.273 e. The molecule has 7 heteroatoms. The molecule has 0 saturated carbocycles. The number of carbonyl (C=O) groups excluding carboxylic acids is 2. The molecule has 1 rings (SSSR count). The second-order valence-corrected chi connectivity index (χ2v) is 4.96. The van der Waals surface area contributed by atoms with E-state index in [0.717, 1.165) is 0 Å². The molecule has 0 saturated heterocycles. The van der Waals surface area contributed by atoms with Gasteiger partial charge in [0.2, 0.25) is 5.91 Å². The Morgan fingerprint density at radius 2 is 1.86 bits per heavy atom. The van der Waals surface area contributed by atoms with Crippen LogP contribution < -0.4 is 10.6 Å². The number of nitrogens with zero attached hydrogens (tertiary/aromatic N) is 1. The van der Waals surface area contributed by atoms with Gasteiger partial charge in [-0.25, -0.2) is 0 Å². The number of nitro benzene ring substituents is 1. The van der Waals surface area contributed by atoms with Crippen molar-refractivity contribution in [3.05, 3.63) is 39.4 Å². The highest BCUT2D eigenvalue weighted by molar-refractivity contribution is 5.95. The average Bonchev–Trinajstić information content (AvgIpc) is 2.43. The van der Waals surface area contributed by atoms with E-state index in [4.69, 9.17) is 0 Å². The maximum Gasteiger partial charge on any atom is 0.273 e. The molecule has 0 radical (unpaired) electrons. The van der Waals surface area contributed by atoms with E-state index >= 15 is 0 Å². The van der Waals surface area contributed by atoms with E-state index in [1.165, 1.54) is 18.2 Å². The van der Waals surface area contributed by atoms with Gasteiger partial charge in [0.15, 0.2) is 0 Å². The Labute approximate surface area is 122 Å². The van der Waals surface area contributed by atoms with E-state index in [1.807, 2.05) is 0 Å². The first-order valence-electron chi connectivity index (χ1n) is 6.64. The van der Waals surface area contributed by atoms with Crippen molar-refractivity contribution in [2.24, 2.45) is 5.92 Å². The molecular formula is C14H19N3O4. The van der Waals surface area contributed by atoms with Gasteiger partial charge < -0.3 is 10.6 Å². The van der Waals surface area contributed by atoms with Crippen molar-refractivity contribution in [3.8, 4) is 0 Å². The fraction of sp³-hybridized carbons (Fsp3) is 0.429. The van der Waals surface area contributed by atoms with Crippen molar-refractivity contribution in [1.29, 1.82) is 0 Å². The molecule has 0 spiro atoms. The second-order valence-electron chi connectivity index (χ2n) is 4.96. The van der Waals surface area contributed by atoms with Crippen LogP contribution >= 0.6 is 0 Å². The third-order valence-corrected chi connectivity index (χ3v) is 2.90. The molecule has 1 aromatic rings. The minimum Gasteiger partial charge on any atom is -0.354 e. The molecule has 0 aliphatic heterocycles. The lowest BCUT2D eigenvalue weighted by Crippen LogP contribution is -2.36. The summed E-state index contributed by atoms with van der Waals surface area (Å²) in [6, 6.07) is 4.31. The zero-order valence-corrected chi connectivity index (χ0v) is 12.3. The van der Waals surface area contributed by atoms with Gasteiger partial charge in [0.05, 0.1) is 4.92 Å². The van der Waals surface area contributed by atoms with Gasteiger partial charge >= 0.3 is 0 Å². The van der Waals surface area contributed by atoms with Crippen LogP contribution in [0.4, 0.5) is 5.69 Å². The maximum absolute atomic E-state index is 11.9. The molecule has 0 fully saturated rings. The Morgan fingerprint density at radius 3 is 2.43 bits per heavy atom. The van der Waals surface area contributed by atoms with Crippen molar-refractivity contribution in [2.45, 2.75) is 20.8 Å². The van der Waals surface area contributed by atoms with E-state index in [9.17, 15) is 19.7 Å². The fourth-order valence-corrected chi connectivity index (χ4v) is 1.62. The molecule has 1 aromatic carbocycles. The number of hydrogen-bond acceptors (Lipinski definition) is 4. The molecule has 2 N–H and O–H groups in total. The van der Waals surface area contributed by atoms with Crippen LogP contribution in [0.5, 0.6) is 0 Å². The lowest BCUT2D eigenvalue weighted by Gasteiger charge is -2.09. The molecular weight excluding hydrogens is 274 g/mol. The summed E-state index contributed by atoms with van der Waals surface area (Å²) in [5.41, 5.74) is 0.638. The van der Waals surface area contributed by atoms with Crippen molar-refractivity contribution < 1.29 is 14.5 Å². The fourth-order valence-electron chi connectivity index (χ4n) is 1.62. The van der Waals surface area contributed by atoms with Crippen LogP contribution in [-0.2, 0) is 4.79 Å². The first-order valence-corrected chi connectivity index (χ1v) is 6.64. The molecule has 0 unspecified atom stereocenters. The largest absolute Gasteiger partial charge is 0.354 e. The molecule has 114 valence electrons. The topological polar surface area (TPSA) is 101 Å². The predicted octanol–water partition coefficient (Wildman–Crippen LogP) is 1.41. The first kappa shape index (κ1) is 16.6. The molecule has 21 heavy (non-hydrogen) atoms. The third-order valence-electron chi connectivity index (χ3n) is 2.90. The van der Waals surface area contributed by atoms with Crippen molar-refractivity contribution in [1.82, 2.24) is 10.6 Å². The molecule has 0 bridgehead atoms. The summed E-state index contributed by atoms with van der Waals surface area (Å²) in [5, 5.41) is 16.1. The quantitative estimate of drug-likeness (QED) is 0.470. The Hall–Kier alpha value is -2.44.